The van der Waals surface area contributed by atoms with Gasteiger partial charge < -0.3 is 0 Å². The number of hydrogen-bond donors (Lipinski definition) is 0. The minimum atomic E-state index is 0.0116. The van der Waals surface area contributed by atoms with Gasteiger partial charge in [-0.25, -0.2) is 0 Å². The molecule has 0 unspecified atom stereocenters. The first-order chi connectivity index (χ1) is 9.47. The maximum atomic E-state index is 12.2. The van der Waals surface area contributed by atoms with Crippen LogP contribution in [-0.2, 0) is 0 Å². The van der Waals surface area contributed by atoms with Crippen molar-refractivity contribution in [2.75, 3.05) is 5.75 Å². The van der Waals surface area contributed by atoms with Crippen molar-refractivity contribution in [3.63, 3.8) is 0 Å². The molecule has 0 saturated carbocycles. The second kappa shape index (κ2) is 6.66. The molecule has 0 aliphatic carbocycles. The maximum absolute atomic E-state index is 12.2. The van der Waals surface area contributed by atoms with Crippen molar-refractivity contribution in [3.05, 3.63) is 63.1 Å². The first-order valence-electron chi connectivity index (χ1n) is 6.15. The van der Waals surface area contributed by atoms with E-state index in [9.17, 15) is 4.79 Å². The zero-order valence-electron chi connectivity index (χ0n) is 11.2. The fraction of sp³-hybridized carbons (Fsp3) is 0.188. The van der Waals surface area contributed by atoms with Crippen molar-refractivity contribution < 1.29 is 4.79 Å². The lowest BCUT2D eigenvalue weighted by molar-refractivity contribution is 0.102. The molecule has 104 valence electrons. The van der Waals surface area contributed by atoms with Gasteiger partial charge in [0.1, 0.15) is 0 Å². The second-order valence-electron chi connectivity index (χ2n) is 4.60. The number of hydrogen-bond acceptors (Lipinski definition) is 2. The number of thioether (sulfide) groups is 1. The van der Waals surface area contributed by atoms with Crippen LogP contribution in [0.5, 0.6) is 0 Å². The second-order valence-corrected chi connectivity index (χ2v) is 6.47. The van der Waals surface area contributed by atoms with Gasteiger partial charge in [-0.05, 0) is 43.7 Å². The molecule has 0 aliphatic rings. The average Bonchev–Trinajstić information content (AvgIpc) is 2.39. The fourth-order valence-electron chi connectivity index (χ4n) is 1.80. The van der Waals surface area contributed by atoms with Crippen LogP contribution in [0.25, 0.3) is 0 Å². The van der Waals surface area contributed by atoms with Gasteiger partial charge in [-0.3, -0.25) is 4.79 Å². The third-order valence-electron chi connectivity index (χ3n) is 2.93. The molecular formula is C16H14Cl2OS. The molecule has 0 aliphatic heterocycles. The van der Waals surface area contributed by atoms with Crippen molar-refractivity contribution in [1.82, 2.24) is 0 Å². The highest BCUT2D eigenvalue weighted by Crippen LogP contribution is 2.27. The summed E-state index contributed by atoms with van der Waals surface area (Å²) < 4.78 is 0. The average molecular weight is 325 g/mol. The van der Waals surface area contributed by atoms with Crippen molar-refractivity contribution in [2.24, 2.45) is 0 Å². The van der Waals surface area contributed by atoms with Crippen LogP contribution in [0.4, 0.5) is 0 Å². The zero-order chi connectivity index (χ0) is 14.7. The van der Waals surface area contributed by atoms with E-state index in [1.54, 1.807) is 18.2 Å². The molecule has 0 fully saturated rings. The van der Waals surface area contributed by atoms with E-state index >= 15 is 0 Å². The van der Waals surface area contributed by atoms with E-state index in [0.717, 1.165) is 4.90 Å². The first-order valence-corrected chi connectivity index (χ1v) is 7.90. The summed E-state index contributed by atoms with van der Waals surface area (Å²) in [6.07, 6.45) is 0. The Morgan fingerprint density at radius 2 is 1.85 bits per heavy atom. The van der Waals surface area contributed by atoms with Crippen LogP contribution in [-0.4, -0.2) is 11.5 Å². The quantitative estimate of drug-likeness (QED) is 0.539. The Bertz CT molecular complexity index is 653. The summed E-state index contributed by atoms with van der Waals surface area (Å²) in [5.74, 6) is 0.378. The topological polar surface area (TPSA) is 17.1 Å². The Labute approximate surface area is 133 Å². The molecule has 20 heavy (non-hydrogen) atoms. The SMILES string of the molecule is Cc1ccc(C)c(SCC(=O)c2ccc(Cl)cc2Cl)c1. The number of rotatable bonds is 4. The zero-order valence-corrected chi connectivity index (χ0v) is 13.6. The Balaban J connectivity index is 2.10. The summed E-state index contributed by atoms with van der Waals surface area (Å²) in [6.45, 7) is 4.09. The van der Waals surface area contributed by atoms with E-state index in [4.69, 9.17) is 23.2 Å². The van der Waals surface area contributed by atoms with Crippen molar-refractivity contribution in [2.45, 2.75) is 18.7 Å². The molecule has 4 heteroatoms. The summed E-state index contributed by atoms with van der Waals surface area (Å²) in [5, 5.41) is 0.942. The van der Waals surface area contributed by atoms with Gasteiger partial charge in [0.2, 0.25) is 0 Å². The van der Waals surface area contributed by atoms with Gasteiger partial charge in [-0.2, -0.15) is 0 Å². The molecule has 0 aromatic heterocycles. The van der Waals surface area contributed by atoms with Gasteiger partial charge in [0.15, 0.2) is 5.78 Å². The molecule has 2 aromatic carbocycles. The van der Waals surface area contributed by atoms with Gasteiger partial charge in [0, 0.05) is 15.5 Å². The molecule has 0 spiro atoms. The first kappa shape index (κ1) is 15.4. The van der Waals surface area contributed by atoms with Crippen LogP contribution in [0.2, 0.25) is 10.0 Å². The van der Waals surface area contributed by atoms with Crippen LogP contribution < -0.4 is 0 Å². The van der Waals surface area contributed by atoms with Crippen LogP contribution >= 0.6 is 35.0 Å². The molecule has 0 amide bonds. The lowest BCUT2D eigenvalue weighted by Gasteiger charge is -2.07. The van der Waals surface area contributed by atoms with Gasteiger partial charge >= 0.3 is 0 Å². The third-order valence-corrected chi connectivity index (χ3v) is 4.64. The third kappa shape index (κ3) is 3.78. The summed E-state index contributed by atoms with van der Waals surface area (Å²) in [4.78, 5) is 13.3. The van der Waals surface area contributed by atoms with Crippen LogP contribution in [0.15, 0.2) is 41.3 Å². The molecular weight excluding hydrogens is 311 g/mol. The summed E-state index contributed by atoms with van der Waals surface area (Å²) in [5.41, 5.74) is 2.89. The molecule has 0 radical (unpaired) electrons. The van der Waals surface area contributed by atoms with Crippen LogP contribution in [0, 0.1) is 13.8 Å². The number of aryl methyl sites for hydroxylation is 2. The fourth-order valence-corrected chi connectivity index (χ4v) is 3.32. The lowest BCUT2D eigenvalue weighted by Crippen LogP contribution is -2.03. The lowest BCUT2D eigenvalue weighted by atomic mass is 10.1. The number of halogens is 2. The normalized spacial score (nSPS) is 10.6. The van der Waals surface area contributed by atoms with Gasteiger partial charge in [-0.1, -0.05) is 40.9 Å². The van der Waals surface area contributed by atoms with E-state index in [2.05, 4.69) is 18.2 Å². The molecule has 2 aromatic rings. The monoisotopic (exact) mass is 324 g/mol. The summed E-state index contributed by atoms with van der Waals surface area (Å²) in [7, 11) is 0. The van der Waals surface area contributed by atoms with Gasteiger partial charge in [-0.15, -0.1) is 11.8 Å². The minimum absolute atomic E-state index is 0.0116. The highest BCUT2D eigenvalue weighted by atomic mass is 35.5. The predicted octanol–water partition coefficient (Wildman–Crippen LogP) is 5.59. The van der Waals surface area contributed by atoms with Crippen molar-refractivity contribution in [1.29, 1.82) is 0 Å². The number of benzene rings is 2. The Kier molecular flexibility index (Phi) is 5.14. The number of carbonyl (C=O) groups excluding carboxylic acids is 1. The van der Waals surface area contributed by atoms with Crippen LogP contribution in [0.3, 0.4) is 0 Å². The molecule has 2 rings (SSSR count). The van der Waals surface area contributed by atoms with Crippen molar-refractivity contribution in [3.8, 4) is 0 Å². The molecule has 0 N–H and O–H groups in total. The summed E-state index contributed by atoms with van der Waals surface area (Å²) in [6, 6.07) is 11.2. The molecule has 0 heterocycles. The molecule has 0 saturated heterocycles. The van der Waals surface area contributed by atoms with E-state index in [0.29, 0.717) is 21.4 Å². The number of carbonyl (C=O) groups is 1. The summed E-state index contributed by atoms with van der Waals surface area (Å²) >= 11 is 13.4. The predicted molar refractivity (Wildman–Crippen MR) is 87.4 cm³/mol. The largest absolute Gasteiger partial charge is 0.293 e. The Morgan fingerprint density at radius 3 is 2.55 bits per heavy atom. The Morgan fingerprint density at radius 1 is 1.10 bits per heavy atom. The van der Waals surface area contributed by atoms with Gasteiger partial charge in [0.25, 0.3) is 0 Å². The smallest absolute Gasteiger partial charge is 0.174 e. The van der Waals surface area contributed by atoms with E-state index in [-0.39, 0.29) is 5.78 Å². The highest BCUT2D eigenvalue weighted by Gasteiger charge is 2.12. The van der Waals surface area contributed by atoms with Gasteiger partial charge in [0.05, 0.1) is 10.8 Å². The number of Topliss-reactive ketones (excluding diaryl/α,β-unsaturated/α-hetero) is 1. The molecule has 1 nitrogen and oxygen atoms in total. The Hall–Kier alpha value is -0.960. The molecule has 0 atom stereocenters. The van der Waals surface area contributed by atoms with Crippen LogP contribution in [0.1, 0.15) is 21.5 Å². The highest BCUT2D eigenvalue weighted by molar-refractivity contribution is 8.00. The minimum Gasteiger partial charge on any atom is -0.293 e. The van der Waals surface area contributed by atoms with E-state index < -0.39 is 0 Å². The maximum Gasteiger partial charge on any atom is 0.174 e. The number of ketones is 1. The van der Waals surface area contributed by atoms with E-state index in [1.807, 2.05) is 13.8 Å². The van der Waals surface area contributed by atoms with E-state index in [1.165, 1.54) is 22.9 Å². The molecule has 0 bridgehead atoms. The van der Waals surface area contributed by atoms with Crippen molar-refractivity contribution >= 4 is 40.7 Å². The standard InChI is InChI=1S/C16H14Cl2OS/c1-10-3-4-11(2)16(7-10)20-9-15(19)13-6-5-12(17)8-14(13)18/h3-8H,9H2,1-2H3.